The number of rotatable bonds is 0. The molecular formula is C11H16O2. The number of allylic oxidation sites excluding steroid dienone is 2. The maximum Gasteiger partial charge on any atom is 0.311 e. The molecule has 72 valence electrons. The lowest BCUT2D eigenvalue weighted by Gasteiger charge is -2.21. The highest BCUT2D eigenvalue weighted by Gasteiger charge is 2.20. The van der Waals surface area contributed by atoms with Crippen molar-refractivity contribution in [2.24, 2.45) is 0 Å². The zero-order chi connectivity index (χ0) is 9.10. The molecule has 0 fully saturated rings. The van der Waals surface area contributed by atoms with Gasteiger partial charge in [0, 0.05) is 12.8 Å². The van der Waals surface area contributed by atoms with Crippen molar-refractivity contribution < 1.29 is 9.53 Å². The Kier molecular flexibility index (Phi) is 2.67. The quantitative estimate of drug-likeness (QED) is 0.536. The van der Waals surface area contributed by atoms with Crippen LogP contribution in [-0.2, 0) is 9.53 Å². The van der Waals surface area contributed by atoms with Crippen molar-refractivity contribution in [3.8, 4) is 0 Å². The number of hydrogen-bond acceptors (Lipinski definition) is 2. The first kappa shape index (κ1) is 8.79. The van der Waals surface area contributed by atoms with Crippen LogP contribution in [0.4, 0.5) is 0 Å². The summed E-state index contributed by atoms with van der Waals surface area (Å²) in [5, 5.41) is 0. The van der Waals surface area contributed by atoms with E-state index in [4.69, 9.17) is 4.74 Å². The molecule has 0 saturated heterocycles. The minimum absolute atomic E-state index is 0.0284. The lowest BCUT2D eigenvalue weighted by molar-refractivity contribution is -0.141. The molecule has 2 heteroatoms. The topological polar surface area (TPSA) is 26.3 Å². The van der Waals surface area contributed by atoms with Crippen molar-refractivity contribution >= 4 is 5.97 Å². The lowest BCUT2D eigenvalue weighted by Crippen LogP contribution is -2.14. The van der Waals surface area contributed by atoms with E-state index < -0.39 is 0 Å². The second-order valence-corrected chi connectivity index (χ2v) is 3.92. The molecular weight excluding hydrogens is 164 g/mol. The fourth-order valence-corrected chi connectivity index (χ4v) is 2.12. The number of ether oxygens (including phenoxy) is 1. The first-order valence-electron chi connectivity index (χ1n) is 5.28. The van der Waals surface area contributed by atoms with Gasteiger partial charge in [-0.1, -0.05) is 12.8 Å². The normalized spacial score (nSPS) is 24.5. The Bertz CT molecular complexity index is 240. The molecule has 0 aromatic heterocycles. The van der Waals surface area contributed by atoms with Crippen molar-refractivity contribution in [2.45, 2.75) is 51.4 Å². The van der Waals surface area contributed by atoms with Gasteiger partial charge in [0.1, 0.15) is 5.76 Å². The molecule has 1 aliphatic heterocycles. The molecule has 13 heavy (non-hydrogen) atoms. The summed E-state index contributed by atoms with van der Waals surface area (Å²) in [4.78, 5) is 11.1. The van der Waals surface area contributed by atoms with Crippen molar-refractivity contribution in [3.63, 3.8) is 0 Å². The molecule has 0 bridgehead atoms. The minimum Gasteiger partial charge on any atom is -0.431 e. The molecule has 0 aromatic rings. The SMILES string of the molecule is O=C1CCC2=C(CCCCCC2)O1. The van der Waals surface area contributed by atoms with E-state index in [2.05, 4.69) is 0 Å². The number of carbonyl (C=O) groups is 1. The highest BCUT2D eigenvalue weighted by molar-refractivity contribution is 5.72. The van der Waals surface area contributed by atoms with Crippen LogP contribution in [-0.4, -0.2) is 5.97 Å². The van der Waals surface area contributed by atoms with Crippen LogP contribution in [0.1, 0.15) is 51.4 Å². The van der Waals surface area contributed by atoms with Crippen LogP contribution in [0, 0.1) is 0 Å². The minimum atomic E-state index is -0.0284. The number of carbonyl (C=O) groups excluding carboxylic acids is 1. The Morgan fingerprint density at radius 2 is 1.62 bits per heavy atom. The lowest BCUT2D eigenvalue weighted by atomic mass is 9.94. The van der Waals surface area contributed by atoms with Crippen molar-refractivity contribution in [3.05, 3.63) is 11.3 Å². The van der Waals surface area contributed by atoms with E-state index in [1.54, 1.807) is 0 Å². The predicted octanol–water partition coefficient (Wildman–Crippen LogP) is 2.93. The molecule has 0 unspecified atom stereocenters. The van der Waals surface area contributed by atoms with Crippen molar-refractivity contribution in [2.75, 3.05) is 0 Å². The van der Waals surface area contributed by atoms with Crippen LogP contribution in [0.3, 0.4) is 0 Å². The standard InChI is InChI=1S/C11H16O2/c12-11-8-7-9-5-3-1-2-4-6-10(9)13-11/h1-8H2. The Labute approximate surface area is 79.0 Å². The van der Waals surface area contributed by atoms with Gasteiger partial charge in [-0.3, -0.25) is 4.79 Å². The van der Waals surface area contributed by atoms with Gasteiger partial charge >= 0.3 is 5.97 Å². The molecule has 0 N–H and O–H groups in total. The van der Waals surface area contributed by atoms with Gasteiger partial charge in [-0.2, -0.15) is 0 Å². The Balaban J connectivity index is 2.11. The molecule has 2 rings (SSSR count). The van der Waals surface area contributed by atoms with E-state index >= 15 is 0 Å². The van der Waals surface area contributed by atoms with Gasteiger partial charge in [0.2, 0.25) is 0 Å². The third kappa shape index (κ3) is 2.11. The fraction of sp³-hybridized carbons (Fsp3) is 0.727. The molecule has 0 saturated carbocycles. The second-order valence-electron chi connectivity index (χ2n) is 3.92. The third-order valence-electron chi connectivity index (χ3n) is 2.89. The molecule has 1 aliphatic carbocycles. The van der Waals surface area contributed by atoms with Crippen LogP contribution >= 0.6 is 0 Å². The summed E-state index contributed by atoms with van der Waals surface area (Å²) in [6.07, 6.45) is 8.78. The Morgan fingerprint density at radius 3 is 2.46 bits per heavy atom. The summed E-state index contributed by atoms with van der Waals surface area (Å²) >= 11 is 0. The maximum atomic E-state index is 11.1. The average Bonchev–Trinajstić information content (AvgIpc) is 2.08. The fourth-order valence-electron chi connectivity index (χ4n) is 2.12. The first-order chi connectivity index (χ1) is 6.36. The molecule has 0 radical (unpaired) electrons. The maximum absolute atomic E-state index is 11.1. The Morgan fingerprint density at radius 1 is 0.846 bits per heavy atom. The van der Waals surface area contributed by atoms with E-state index in [-0.39, 0.29) is 5.97 Å². The zero-order valence-corrected chi connectivity index (χ0v) is 7.97. The van der Waals surface area contributed by atoms with Crippen LogP contribution in [0.2, 0.25) is 0 Å². The molecule has 2 nitrogen and oxygen atoms in total. The highest BCUT2D eigenvalue weighted by atomic mass is 16.5. The van der Waals surface area contributed by atoms with Crippen molar-refractivity contribution in [1.82, 2.24) is 0 Å². The zero-order valence-electron chi connectivity index (χ0n) is 7.97. The average molecular weight is 180 g/mol. The van der Waals surface area contributed by atoms with Crippen molar-refractivity contribution in [1.29, 1.82) is 0 Å². The Hall–Kier alpha value is -0.790. The van der Waals surface area contributed by atoms with Gasteiger partial charge in [0.25, 0.3) is 0 Å². The van der Waals surface area contributed by atoms with Crippen LogP contribution < -0.4 is 0 Å². The van der Waals surface area contributed by atoms with Gasteiger partial charge in [-0.25, -0.2) is 0 Å². The second kappa shape index (κ2) is 3.95. The molecule has 0 spiro atoms. The van der Waals surface area contributed by atoms with E-state index in [9.17, 15) is 4.79 Å². The van der Waals surface area contributed by atoms with E-state index in [0.29, 0.717) is 6.42 Å². The summed E-state index contributed by atoms with van der Waals surface area (Å²) < 4.78 is 5.27. The number of hydrogen-bond donors (Lipinski definition) is 0. The van der Waals surface area contributed by atoms with Crippen LogP contribution in [0.15, 0.2) is 11.3 Å². The van der Waals surface area contributed by atoms with Gasteiger partial charge < -0.3 is 4.74 Å². The predicted molar refractivity (Wildman–Crippen MR) is 50.1 cm³/mol. The smallest absolute Gasteiger partial charge is 0.311 e. The van der Waals surface area contributed by atoms with E-state index in [1.807, 2.05) is 0 Å². The highest BCUT2D eigenvalue weighted by Crippen LogP contribution is 2.30. The van der Waals surface area contributed by atoms with E-state index in [0.717, 1.165) is 25.0 Å². The molecule has 0 amide bonds. The van der Waals surface area contributed by atoms with Gasteiger partial charge in [0.15, 0.2) is 0 Å². The summed E-state index contributed by atoms with van der Waals surface area (Å²) in [5.41, 5.74) is 1.42. The van der Waals surface area contributed by atoms with Gasteiger partial charge in [0.05, 0.1) is 0 Å². The summed E-state index contributed by atoms with van der Waals surface area (Å²) in [5.74, 6) is 0.982. The molecule has 2 aliphatic rings. The first-order valence-corrected chi connectivity index (χ1v) is 5.28. The summed E-state index contributed by atoms with van der Waals surface area (Å²) in [6, 6.07) is 0. The van der Waals surface area contributed by atoms with E-state index in [1.165, 1.54) is 31.3 Å². The largest absolute Gasteiger partial charge is 0.431 e. The molecule has 1 heterocycles. The molecule has 0 aromatic carbocycles. The third-order valence-corrected chi connectivity index (χ3v) is 2.89. The van der Waals surface area contributed by atoms with Crippen LogP contribution in [0.5, 0.6) is 0 Å². The van der Waals surface area contributed by atoms with Gasteiger partial charge in [-0.15, -0.1) is 0 Å². The van der Waals surface area contributed by atoms with Crippen LogP contribution in [0.25, 0.3) is 0 Å². The summed E-state index contributed by atoms with van der Waals surface area (Å²) in [7, 11) is 0. The monoisotopic (exact) mass is 180 g/mol. The van der Waals surface area contributed by atoms with Gasteiger partial charge in [-0.05, 0) is 31.3 Å². The summed E-state index contributed by atoms with van der Waals surface area (Å²) in [6.45, 7) is 0. The molecule has 0 atom stereocenters. The number of esters is 1.